The molecule has 4 heteroatoms. The minimum atomic E-state index is -0.195. The topological polar surface area (TPSA) is 72.3 Å². The van der Waals surface area contributed by atoms with Crippen molar-refractivity contribution in [1.82, 2.24) is 0 Å². The number of rotatable bonds is 3. The van der Waals surface area contributed by atoms with E-state index >= 15 is 0 Å². The summed E-state index contributed by atoms with van der Waals surface area (Å²) >= 11 is 0. The maximum absolute atomic E-state index is 11.3. The van der Waals surface area contributed by atoms with Crippen LogP contribution in [0, 0.1) is 5.92 Å². The van der Waals surface area contributed by atoms with Crippen LogP contribution >= 0.6 is 0 Å². The van der Waals surface area contributed by atoms with Crippen LogP contribution in [0.2, 0.25) is 0 Å². The zero-order valence-electron chi connectivity index (χ0n) is 9.93. The summed E-state index contributed by atoms with van der Waals surface area (Å²) in [5.41, 5.74) is 13.4. The van der Waals surface area contributed by atoms with Crippen LogP contribution in [-0.2, 0) is 11.3 Å². The molecule has 1 heterocycles. The Hall–Kier alpha value is -1.55. The molecule has 1 saturated heterocycles. The third-order valence-corrected chi connectivity index (χ3v) is 3.38. The zero-order valence-corrected chi connectivity index (χ0v) is 9.93. The molecule has 0 bridgehead atoms. The molecule has 0 spiro atoms. The van der Waals surface area contributed by atoms with Gasteiger partial charge in [-0.15, -0.1) is 0 Å². The van der Waals surface area contributed by atoms with Gasteiger partial charge in [-0.05, 0) is 24.5 Å². The summed E-state index contributed by atoms with van der Waals surface area (Å²) in [6.45, 7) is 2.21. The lowest BCUT2D eigenvalue weighted by atomic mass is 9.96. The number of carbonyl (C=O) groups excluding carboxylic acids is 1. The molecule has 1 amide bonds. The number of hydrogen-bond donors (Lipinski definition) is 2. The Labute approximate surface area is 102 Å². The van der Waals surface area contributed by atoms with Crippen molar-refractivity contribution in [2.45, 2.75) is 19.4 Å². The molecule has 17 heavy (non-hydrogen) atoms. The Balaban J connectivity index is 2.18. The fourth-order valence-electron chi connectivity index (χ4n) is 2.42. The number of benzene rings is 1. The molecule has 4 N–H and O–H groups in total. The summed E-state index contributed by atoms with van der Waals surface area (Å²) in [5, 5.41) is 0. The molecule has 0 saturated carbocycles. The number of piperidine rings is 1. The monoisotopic (exact) mass is 233 g/mol. The van der Waals surface area contributed by atoms with E-state index in [1.54, 1.807) is 0 Å². The van der Waals surface area contributed by atoms with Crippen LogP contribution in [-0.4, -0.2) is 19.0 Å². The Morgan fingerprint density at radius 2 is 2.18 bits per heavy atom. The number of hydrogen-bond acceptors (Lipinski definition) is 3. The first-order valence-electron chi connectivity index (χ1n) is 6.04. The third kappa shape index (κ3) is 2.58. The minimum Gasteiger partial charge on any atom is -0.370 e. The van der Waals surface area contributed by atoms with Crippen LogP contribution in [0.4, 0.5) is 5.69 Å². The largest absolute Gasteiger partial charge is 0.370 e. The van der Waals surface area contributed by atoms with Gasteiger partial charge < -0.3 is 16.4 Å². The number of nitrogens with two attached hydrogens (primary N) is 2. The number of anilines is 1. The summed E-state index contributed by atoms with van der Waals surface area (Å²) in [7, 11) is 0. The van der Waals surface area contributed by atoms with Crippen LogP contribution in [0.15, 0.2) is 24.3 Å². The molecule has 2 rings (SSSR count). The number of amides is 1. The quantitative estimate of drug-likeness (QED) is 0.813. The molecule has 0 aliphatic carbocycles. The third-order valence-electron chi connectivity index (χ3n) is 3.38. The van der Waals surface area contributed by atoms with Gasteiger partial charge in [0.1, 0.15) is 0 Å². The predicted molar refractivity (Wildman–Crippen MR) is 68.5 cm³/mol. The van der Waals surface area contributed by atoms with Gasteiger partial charge in [-0.2, -0.15) is 0 Å². The van der Waals surface area contributed by atoms with Crippen molar-refractivity contribution < 1.29 is 4.79 Å². The van der Waals surface area contributed by atoms with Crippen LogP contribution in [0.3, 0.4) is 0 Å². The van der Waals surface area contributed by atoms with Crippen molar-refractivity contribution in [3.63, 3.8) is 0 Å². The van der Waals surface area contributed by atoms with Gasteiger partial charge in [-0.3, -0.25) is 4.79 Å². The molecule has 1 aliphatic heterocycles. The standard InChI is InChI=1S/C13H19N3O/c14-8-10-4-1-2-6-12(10)16-7-3-5-11(9-16)13(15)17/h1-2,4,6,11H,3,5,7-9,14H2,(H2,15,17)/t11-/m0/s1. The molecule has 1 fully saturated rings. The van der Waals surface area contributed by atoms with E-state index in [1.807, 2.05) is 18.2 Å². The molecule has 0 radical (unpaired) electrons. The molecule has 1 aromatic rings. The highest BCUT2D eigenvalue weighted by Gasteiger charge is 2.24. The van der Waals surface area contributed by atoms with Gasteiger partial charge in [0.15, 0.2) is 0 Å². The summed E-state index contributed by atoms with van der Waals surface area (Å²) in [4.78, 5) is 13.5. The van der Waals surface area contributed by atoms with E-state index in [4.69, 9.17) is 11.5 Å². The fraction of sp³-hybridized carbons (Fsp3) is 0.462. The molecular formula is C13H19N3O. The summed E-state index contributed by atoms with van der Waals surface area (Å²) in [5.74, 6) is -0.227. The SMILES string of the molecule is NCc1ccccc1N1CCC[C@H](C(N)=O)C1. The van der Waals surface area contributed by atoms with Crippen molar-refractivity contribution in [3.05, 3.63) is 29.8 Å². The first kappa shape index (κ1) is 11.9. The van der Waals surface area contributed by atoms with Crippen molar-refractivity contribution in [2.24, 2.45) is 17.4 Å². The molecule has 1 aromatic carbocycles. The predicted octanol–water partition coefficient (Wildman–Crippen LogP) is 0.847. The Morgan fingerprint density at radius 1 is 1.41 bits per heavy atom. The molecule has 1 atom stereocenters. The Kier molecular flexibility index (Phi) is 3.64. The van der Waals surface area contributed by atoms with Crippen molar-refractivity contribution in [1.29, 1.82) is 0 Å². The average molecular weight is 233 g/mol. The normalized spacial score (nSPS) is 20.3. The van der Waals surface area contributed by atoms with Crippen molar-refractivity contribution in [2.75, 3.05) is 18.0 Å². The Bertz CT molecular complexity index is 405. The van der Waals surface area contributed by atoms with Gasteiger partial charge in [0, 0.05) is 25.3 Å². The second-order valence-corrected chi connectivity index (χ2v) is 4.52. The van der Waals surface area contributed by atoms with Crippen LogP contribution in [0.1, 0.15) is 18.4 Å². The van der Waals surface area contributed by atoms with Gasteiger partial charge in [-0.1, -0.05) is 18.2 Å². The van der Waals surface area contributed by atoms with E-state index in [2.05, 4.69) is 11.0 Å². The van der Waals surface area contributed by atoms with Crippen LogP contribution in [0.25, 0.3) is 0 Å². The molecule has 1 aliphatic rings. The molecule has 0 unspecified atom stereocenters. The molecule has 0 aromatic heterocycles. The van der Waals surface area contributed by atoms with E-state index in [-0.39, 0.29) is 11.8 Å². The van der Waals surface area contributed by atoms with E-state index in [9.17, 15) is 4.79 Å². The summed E-state index contributed by atoms with van der Waals surface area (Å²) in [6.07, 6.45) is 1.91. The van der Waals surface area contributed by atoms with Crippen LogP contribution in [0.5, 0.6) is 0 Å². The van der Waals surface area contributed by atoms with Gasteiger partial charge in [0.25, 0.3) is 0 Å². The number of nitrogens with zero attached hydrogens (tertiary/aromatic N) is 1. The molecule has 92 valence electrons. The minimum absolute atomic E-state index is 0.0328. The second-order valence-electron chi connectivity index (χ2n) is 4.52. The van der Waals surface area contributed by atoms with Crippen molar-refractivity contribution in [3.8, 4) is 0 Å². The Morgan fingerprint density at radius 3 is 2.88 bits per heavy atom. The molecule has 4 nitrogen and oxygen atoms in total. The zero-order chi connectivity index (χ0) is 12.3. The molecular weight excluding hydrogens is 214 g/mol. The number of carbonyl (C=O) groups is 1. The van der Waals surface area contributed by atoms with E-state index < -0.39 is 0 Å². The fourth-order valence-corrected chi connectivity index (χ4v) is 2.42. The van der Waals surface area contributed by atoms with Crippen molar-refractivity contribution >= 4 is 11.6 Å². The van der Waals surface area contributed by atoms with Gasteiger partial charge in [-0.25, -0.2) is 0 Å². The van der Waals surface area contributed by atoms with E-state index in [0.29, 0.717) is 13.1 Å². The lowest BCUT2D eigenvalue weighted by Gasteiger charge is -2.34. The summed E-state index contributed by atoms with van der Waals surface area (Å²) in [6, 6.07) is 8.08. The first-order chi connectivity index (χ1) is 8.22. The van der Waals surface area contributed by atoms with Crippen LogP contribution < -0.4 is 16.4 Å². The van der Waals surface area contributed by atoms with E-state index in [1.165, 1.54) is 0 Å². The van der Waals surface area contributed by atoms with E-state index in [0.717, 1.165) is 30.6 Å². The lowest BCUT2D eigenvalue weighted by molar-refractivity contribution is -0.122. The maximum atomic E-state index is 11.3. The van der Waals surface area contributed by atoms with Gasteiger partial charge in [0.2, 0.25) is 5.91 Å². The lowest BCUT2D eigenvalue weighted by Crippen LogP contribution is -2.41. The smallest absolute Gasteiger partial charge is 0.222 e. The highest BCUT2D eigenvalue weighted by Crippen LogP contribution is 2.25. The number of para-hydroxylation sites is 1. The first-order valence-corrected chi connectivity index (χ1v) is 6.04. The highest BCUT2D eigenvalue weighted by molar-refractivity contribution is 5.77. The van der Waals surface area contributed by atoms with Gasteiger partial charge in [0.05, 0.1) is 5.92 Å². The second kappa shape index (κ2) is 5.19. The van der Waals surface area contributed by atoms with Gasteiger partial charge >= 0.3 is 0 Å². The average Bonchev–Trinajstić information content (AvgIpc) is 2.39. The number of primary amides is 1. The maximum Gasteiger partial charge on any atom is 0.222 e. The highest BCUT2D eigenvalue weighted by atomic mass is 16.1. The summed E-state index contributed by atoms with van der Waals surface area (Å²) < 4.78 is 0.